The number of hydrogen-bond acceptors (Lipinski definition) is 18. The van der Waals surface area contributed by atoms with Gasteiger partial charge >= 0.3 is 17.6 Å². The summed E-state index contributed by atoms with van der Waals surface area (Å²) < 4.78 is 12.3. The third kappa shape index (κ3) is 17.9. The van der Waals surface area contributed by atoms with Gasteiger partial charge in [-0.1, -0.05) is 30.3 Å². The molecule has 0 unspecified atom stereocenters. The summed E-state index contributed by atoms with van der Waals surface area (Å²) in [5.41, 5.74) is 25.3. The van der Waals surface area contributed by atoms with Crippen LogP contribution in [-0.4, -0.2) is 90.9 Å². The molecular formula is C49H42Br4N18O6. The van der Waals surface area contributed by atoms with Crippen molar-refractivity contribution in [2.75, 3.05) is 17.2 Å². The number of aromatic nitrogens is 14. The fourth-order valence-electron chi connectivity index (χ4n) is 6.00. The average molecular weight is 1300 g/mol. The summed E-state index contributed by atoms with van der Waals surface area (Å²) >= 11 is 12.9. The van der Waals surface area contributed by atoms with Crippen LogP contribution < -0.4 is 17.2 Å². The molecule has 392 valence electrons. The number of anilines is 3. The molecule has 11 rings (SSSR count). The van der Waals surface area contributed by atoms with Gasteiger partial charge in [0.15, 0.2) is 22.6 Å². The lowest BCUT2D eigenvalue weighted by molar-refractivity contribution is -0.384. The van der Waals surface area contributed by atoms with Crippen LogP contribution in [0.2, 0.25) is 0 Å². The molecule has 0 aliphatic rings. The number of aliphatic carboxylic acids is 1. The molecule has 0 bridgehead atoms. The van der Waals surface area contributed by atoms with Gasteiger partial charge in [0.2, 0.25) is 5.82 Å². The third-order valence-electron chi connectivity index (χ3n) is 9.71. The smallest absolute Gasteiger partial charge is 0.331 e. The van der Waals surface area contributed by atoms with Gasteiger partial charge in [-0.3, -0.25) is 10.1 Å². The molecule has 0 atom stereocenters. The molecule has 0 fully saturated rings. The Morgan fingerprint density at radius 2 is 1.12 bits per heavy atom. The van der Waals surface area contributed by atoms with Crippen molar-refractivity contribution >= 4 is 155 Å². The number of ether oxygens (including phenoxy) is 1. The second-order valence-electron chi connectivity index (χ2n) is 15.3. The predicted octanol–water partition coefficient (Wildman–Crippen LogP) is 9.57. The third-order valence-corrected chi connectivity index (χ3v) is 11.4. The number of halogens is 4. The van der Waals surface area contributed by atoms with Crippen LogP contribution in [0, 0.1) is 10.1 Å². The van der Waals surface area contributed by atoms with E-state index in [1.54, 1.807) is 74.5 Å². The van der Waals surface area contributed by atoms with Crippen LogP contribution in [0.15, 0.2) is 159 Å². The maximum absolute atomic E-state index is 11.7. The number of nitrogens with zero attached hydrogens (tertiary/aromatic N) is 13. The summed E-state index contributed by atoms with van der Waals surface area (Å²) in [6, 6.07) is 20.2. The number of H-pyrrole nitrogens is 2. The molecule has 24 nitrogen and oxygen atoms in total. The van der Waals surface area contributed by atoms with Crippen molar-refractivity contribution < 1.29 is 24.4 Å². The lowest BCUT2D eigenvalue weighted by Crippen LogP contribution is -2.00. The molecule has 0 saturated carbocycles. The van der Waals surface area contributed by atoms with E-state index in [9.17, 15) is 19.7 Å². The van der Waals surface area contributed by atoms with Gasteiger partial charge in [-0.2, -0.15) is 0 Å². The second kappa shape index (κ2) is 28.2. The molecule has 0 radical (unpaired) electrons. The number of imidazole rings is 4. The van der Waals surface area contributed by atoms with Crippen molar-refractivity contribution in [3.63, 3.8) is 0 Å². The van der Waals surface area contributed by atoms with E-state index >= 15 is 0 Å². The number of benzene rings is 1. The highest BCUT2D eigenvalue weighted by atomic mass is 79.9. The Balaban J connectivity index is 0.000000155. The van der Waals surface area contributed by atoms with Gasteiger partial charge in [0.05, 0.1) is 58.0 Å². The highest BCUT2D eigenvalue weighted by Crippen LogP contribution is 2.22. The number of fused-ring (bicyclic) bond motifs is 4. The van der Waals surface area contributed by atoms with Gasteiger partial charge in [-0.25, -0.2) is 59.4 Å². The Bertz CT molecular complexity index is 3850. The Morgan fingerprint density at radius 1 is 0.623 bits per heavy atom. The molecule has 9 N–H and O–H groups in total. The number of carbonyl (C=O) groups excluding carboxylic acids is 1. The second-order valence-corrected chi connectivity index (χ2v) is 19.0. The van der Waals surface area contributed by atoms with Crippen molar-refractivity contribution in [2.45, 2.75) is 6.61 Å². The summed E-state index contributed by atoms with van der Waals surface area (Å²) in [6.45, 7) is 0.267. The van der Waals surface area contributed by atoms with E-state index < -0.39 is 10.9 Å². The lowest BCUT2D eigenvalue weighted by Gasteiger charge is -2.01. The molecule has 1 aromatic carbocycles. The SMILES string of the molecule is Brc1cnc2nc[nH]c2c1.Cn1cnc2ncc(/C=C\C(=O)OCc3ccccc3)cc21.Cn1cnc2ncc(Br)cc21.Nc1cc(Br)cnc1N.Nc1ncc(Br)cc1[N+](=O)[O-].O=C(O)/C=C/c1cnc2nc[nH]c2c1. The van der Waals surface area contributed by atoms with Crippen LogP contribution in [0.25, 0.3) is 56.8 Å². The number of carboxylic acids is 1. The number of carboxylic acid groups (broad SMARTS) is 1. The van der Waals surface area contributed by atoms with E-state index in [1.807, 2.05) is 71.8 Å². The number of aryl methyl sites for hydroxylation is 2. The number of nitro groups is 1. The highest BCUT2D eigenvalue weighted by molar-refractivity contribution is 9.11. The van der Waals surface area contributed by atoms with Crippen LogP contribution in [0.4, 0.5) is 23.0 Å². The Kier molecular flexibility index (Phi) is 21.0. The van der Waals surface area contributed by atoms with Crippen LogP contribution >= 0.6 is 63.7 Å². The summed E-state index contributed by atoms with van der Waals surface area (Å²) in [5, 5.41) is 18.7. The molecule has 0 amide bonds. The first-order valence-electron chi connectivity index (χ1n) is 21.9. The fraction of sp³-hybridized carbons (Fsp3) is 0.0612. The van der Waals surface area contributed by atoms with E-state index in [0.717, 1.165) is 69.5 Å². The van der Waals surface area contributed by atoms with Crippen LogP contribution in [0.1, 0.15) is 16.7 Å². The van der Waals surface area contributed by atoms with Crippen molar-refractivity contribution in [1.82, 2.24) is 68.9 Å². The number of esters is 1. The van der Waals surface area contributed by atoms with Crippen LogP contribution in [-0.2, 0) is 35.0 Å². The Labute approximate surface area is 469 Å². The molecule has 10 heterocycles. The molecule has 11 aromatic rings. The summed E-state index contributed by atoms with van der Waals surface area (Å²) in [7, 11) is 3.85. The summed E-state index contributed by atoms with van der Waals surface area (Å²) in [5.74, 6) is -1.06. The van der Waals surface area contributed by atoms with Crippen molar-refractivity contribution in [2.24, 2.45) is 14.1 Å². The van der Waals surface area contributed by atoms with Gasteiger partial charge in [0, 0.05) is 87.4 Å². The van der Waals surface area contributed by atoms with Crippen molar-refractivity contribution in [1.29, 1.82) is 0 Å². The van der Waals surface area contributed by atoms with Crippen molar-refractivity contribution in [3.8, 4) is 0 Å². The largest absolute Gasteiger partial charge is 0.478 e. The maximum atomic E-state index is 11.7. The van der Waals surface area contributed by atoms with E-state index in [4.69, 9.17) is 27.0 Å². The lowest BCUT2D eigenvalue weighted by atomic mass is 10.2. The molecule has 28 heteroatoms. The van der Waals surface area contributed by atoms with E-state index in [-0.39, 0.29) is 24.1 Å². The number of aromatic amines is 2. The molecule has 0 aliphatic carbocycles. The number of pyridine rings is 6. The minimum absolute atomic E-state index is 0.0711. The topological polar surface area (TPSA) is 355 Å². The van der Waals surface area contributed by atoms with E-state index in [1.165, 1.54) is 24.4 Å². The van der Waals surface area contributed by atoms with Crippen molar-refractivity contribution in [3.05, 3.63) is 186 Å². The van der Waals surface area contributed by atoms with E-state index in [2.05, 4.69) is 124 Å². The van der Waals surface area contributed by atoms with Gasteiger partial charge in [-0.05, 0) is 123 Å². The molecule has 10 aromatic heterocycles. The molecule has 0 saturated heterocycles. The Morgan fingerprint density at radius 3 is 1.70 bits per heavy atom. The van der Waals surface area contributed by atoms with Gasteiger partial charge in [0.1, 0.15) is 12.4 Å². The number of hydrogen-bond donors (Lipinski definition) is 6. The quantitative estimate of drug-likeness (QED) is 0.0374. The molecule has 0 aliphatic heterocycles. The highest BCUT2D eigenvalue weighted by Gasteiger charge is 2.12. The first-order chi connectivity index (χ1) is 36.9. The predicted molar refractivity (Wildman–Crippen MR) is 306 cm³/mol. The number of nitrogens with two attached hydrogens (primary N) is 3. The molecular weight excluding hydrogens is 1260 g/mol. The minimum atomic E-state index is -0.977. The standard InChI is InChI=1S/C17H15N3O2.C9H7N3O2.C7H6BrN3.C6H4BrN3.C5H4BrN3O2.C5H6BrN3/c1-20-12-19-17-15(20)9-14(10-18-17)7-8-16(21)22-11-13-5-3-2-4-6-13;13-8(14)2-1-6-3-7-9(10-4-6)12-5-11-7;1-11-4-10-7-6(11)2-5(8)3-9-7;7-4-1-5-6(8-2-4)10-3-9-5;6-3-1-4(9(10)11)5(7)8-2-3;6-3-1-4(7)5(8)9-2-3/h2-10,12H,11H2,1H3;1-5H,(H,13,14)(H,10,11,12);2-4H,1H3;1-3H,(H,8,9,10);1-2H,(H2,7,8);1-2H,7H2,(H2,8,9)/b8-7-;2-1+;;;;. The minimum Gasteiger partial charge on any atom is -0.478 e. The Hall–Kier alpha value is -8.86. The summed E-state index contributed by atoms with van der Waals surface area (Å²) in [4.78, 5) is 77.5. The first-order valence-corrected chi connectivity index (χ1v) is 25.0. The zero-order valence-electron chi connectivity index (χ0n) is 40.2. The molecule has 77 heavy (non-hydrogen) atoms. The molecule has 0 spiro atoms. The monoisotopic (exact) mass is 1290 g/mol. The van der Waals surface area contributed by atoms with Gasteiger partial charge in [-0.15, -0.1) is 0 Å². The summed E-state index contributed by atoms with van der Waals surface area (Å²) in [6.07, 6.45) is 22.0. The van der Waals surface area contributed by atoms with Gasteiger partial charge < -0.3 is 46.1 Å². The van der Waals surface area contributed by atoms with Crippen LogP contribution in [0.5, 0.6) is 0 Å². The average Bonchev–Trinajstić information content (AvgIpc) is 4.25. The fourth-order valence-corrected chi connectivity index (χ4v) is 7.32. The number of rotatable bonds is 7. The normalized spacial score (nSPS) is 10.6. The van der Waals surface area contributed by atoms with Gasteiger partial charge in [0.25, 0.3) is 0 Å². The number of nitrogen functional groups attached to an aromatic ring is 3. The number of nitrogens with one attached hydrogen (secondary N) is 2. The van der Waals surface area contributed by atoms with E-state index in [0.29, 0.717) is 27.3 Å². The zero-order chi connectivity index (χ0) is 55.4. The maximum Gasteiger partial charge on any atom is 0.331 e. The first kappa shape index (κ1) is 57.4. The zero-order valence-corrected chi connectivity index (χ0v) is 46.5. The van der Waals surface area contributed by atoms with Crippen LogP contribution in [0.3, 0.4) is 0 Å². The number of carbonyl (C=O) groups is 2.